The molecule has 0 fully saturated rings. The summed E-state index contributed by atoms with van der Waals surface area (Å²) in [5.41, 5.74) is 15.6. The van der Waals surface area contributed by atoms with Gasteiger partial charge in [0, 0.05) is 22.5 Å². The molecule has 0 heterocycles. The van der Waals surface area contributed by atoms with Crippen LogP contribution in [0.25, 0.3) is 0 Å². The van der Waals surface area contributed by atoms with E-state index in [1.54, 1.807) is 72.8 Å². The largest absolute Gasteiger partial charge is 0.399 e. The van der Waals surface area contributed by atoms with Gasteiger partial charge in [-0.2, -0.15) is 18.4 Å². The molecule has 0 aliphatic rings. The lowest BCUT2D eigenvalue weighted by Gasteiger charge is -2.10. The zero-order valence-corrected chi connectivity index (χ0v) is 15.6. The summed E-state index contributed by atoms with van der Waals surface area (Å²) in [5.74, 6) is 0. The van der Waals surface area contributed by atoms with Crippen LogP contribution in [-0.2, 0) is 10.0 Å². The predicted molar refractivity (Wildman–Crippen MR) is 109 cm³/mol. The van der Waals surface area contributed by atoms with Crippen molar-refractivity contribution in [2.45, 2.75) is 11.8 Å². The fourth-order valence-electron chi connectivity index (χ4n) is 2.45. The molecule has 0 amide bonds. The van der Waals surface area contributed by atoms with Crippen LogP contribution in [0.2, 0.25) is 0 Å². The van der Waals surface area contributed by atoms with Gasteiger partial charge in [0.25, 0.3) is 10.0 Å². The fraction of sp³-hybridized carbons (Fsp3) is 0.0500. The first-order valence-corrected chi connectivity index (χ1v) is 9.71. The lowest BCUT2D eigenvalue weighted by Crippen LogP contribution is -2.21. The number of nitrogens with one attached hydrogen (secondary N) is 1. The number of sulfonamides is 1. The van der Waals surface area contributed by atoms with Gasteiger partial charge in [-0.15, -0.1) is 0 Å². The number of nitrogens with zero attached hydrogens (tertiary/aromatic N) is 1. The Morgan fingerprint density at radius 3 is 1.67 bits per heavy atom. The number of anilines is 2. The molecule has 7 heteroatoms. The van der Waals surface area contributed by atoms with Gasteiger partial charge in [0.2, 0.25) is 0 Å². The van der Waals surface area contributed by atoms with E-state index in [0.717, 1.165) is 16.7 Å². The Labute approximate surface area is 158 Å². The highest BCUT2D eigenvalue weighted by atomic mass is 32.2. The maximum absolute atomic E-state index is 12.6. The second kappa shape index (κ2) is 7.51. The molecule has 6 nitrogen and oxygen atoms in total. The van der Waals surface area contributed by atoms with E-state index >= 15 is 0 Å². The van der Waals surface area contributed by atoms with Gasteiger partial charge in [-0.25, -0.2) is 0 Å². The first-order valence-electron chi connectivity index (χ1n) is 8.23. The van der Waals surface area contributed by atoms with Gasteiger partial charge in [0.05, 0.1) is 10.6 Å². The van der Waals surface area contributed by atoms with Crippen molar-refractivity contribution in [1.82, 2.24) is 4.83 Å². The standard InChI is InChI=1S/C20H20N4O2S/c1-14-2-12-19(13-3-14)27(25,26)24-23-20(15-4-8-17(21)9-5-15)16-6-10-18(22)11-7-16/h2-13,24H,21-22H2,1H3. The van der Waals surface area contributed by atoms with Gasteiger partial charge in [-0.05, 0) is 43.3 Å². The van der Waals surface area contributed by atoms with E-state index in [-0.39, 0.29) is 4.90 Å². The molecule has 0 aliphatic heterocycles. The molecule has 0 unspecified atom stereocenters. The normalized spacial score (nSPS) is 11.0. The Morgan fingerprint density at radius 2 is 1.22 bits per heavy atom. The lowest BCUT2D eigenvalue weighted by atomic mass is 10.0. The minimum absolute atomic E-state index is 0.144. The third-order valence-electron chi connectivity index (χ3n) is 3.98. The van der Waals surface area contributed by atoms with E-state index < -0.39 is 10.0 Å². The Bertz CT molecular complexity index is 1010. The third-order valence-corrected chi connectivity index (χ3v) is 5.20. The van der Waals surface area contributed by atoms with Gasteiger partial charge in [-0.3, -0.25) is 0 Å². The van der Waals surface area contributed by atoms with Gasteiger partial charge in [0.1, 0.15) is 0 Å². The molecule has 138 valence electrons. The van der Waals surface area contributed by atoms with Crippen LogP contribution in [0.4, 0.5) is 11.4 Å². The van der Waals surface area contributed by atoms with E-state index in [1.165, 1.54) is 0 Å². The molecule has 0 aromatic heterocycles. The van der Waals surface area contributed by atoms with Crippen molar-refractivity contribution in [3.63, 3.8) is 0 Å². The molecule has 3 aromatic rings. The quantitative estimate of drug-likeness (QED) is 0.359. The summed E-state index contributed by atoms with van der Waals surface area (Å²) in [5, 5.41) is 4.19. The number of hydrogen-bond donors (Lipinski definition) is 3. The van der Waals surface area contributed by atoms with Crippen molar-refractivity contribution in [3.05, 3.63) is 89.5 Å². The van der Waals surface area contributed by atoms with Crippen LogP contribution < -0.4 is 16.3 Å². The number of benzene rings is 3. The molecule has 0 saturated heterocycles. The van der Waals surface area contributed by atoms with Crippen LogP contribution >= 0.6 is 0 Å². The van der Waals surface area contributed by atoms with E-state index in [4.69, 9.17) is 11.5 Å². The Balaban J connectivity index is 2.00. The summed E-state index contributed by atoms with van der Waals surface area (Å²) >= 11 is 0. The molecule has 5 N–H and O–H groups in total. The Morgan fingerprint density at radius 1 is 0.778 bits per heavy atom. The zero-order chi connectivity index (χ0) is 19.4. The minimum Gasteiger partial charge on any atom is -0.399 e. The van der Waals surface area contributed by atoms with E-state index in [2.05, 4.69) is 9.93 Å². The highest BCUT2D eigenvalue weighted by molar-refractivity contribution is 7.89. The van der Waals surface area contributed by atoms with Crippen molar-refractivity contribution in [1.29, 1.82) is 0 Å². The number of hydrazone groups is 1. The number of aryl methyl sites for hydroxylation is 1. The summed E-state index contributed by atoms with van der Waals surface area (Å²) in [6.07, 6.45) is 0. The van der Waals surface area contributed by atoms with Crippen LogP contribution in [-0.4, -0.2) is 14.1 Å². The number of nitrogens with two attached hydrogens (primary N) is 2. The van der Waals surface area contributed by atoms with Gasteiger partial charge >= 0.3 is 0 Å². The molecule has 3 rings (SSSR count). The monoisotopic (exact) mass is 380 g/mol. The van der Waals surface area contributed by atoms with E-state index in [9.17, 15) is 8.42 Å². The predicted octanol–water partition coefficient (Wildman–Crippen LogP) is 2.89. The first-order chi connectivity index (χ1) is 12.8. The zero-order valence-electron chi connectivity index (χ0n) is 14.8. The number of nitrogen functional groups attached to an aromatic ring is 2. The van der Waals surface area contributed by atoms with Gasteiger partial charge in [-0.1, -0.05) is 42.0 Å². The van der Waals surface area contributed by atoms with Gasteiger partial charge in [0.15, 0.2) is 0 Å². The second-order valence-corrected chi connectivity index (χ2v) is 7.77. The lowest BCUT2D eigenvalue weighted by molar-refractivity contribution is 0.584. The molecular formula is C20H20N4O2S. The van der Waals surface area contributed by atoms with Crippen molar-refractivity contribution < 1.29 is 8.42 Å². The van der Waals surface area contributed by atoms with Crippen molar-refractivity contribution >= 4 is 27.1 Å². The molecule has 3 aromatic carbocycles. The van der Waals surface area contributed by atoms with Crippen LogP contribution in [0.5, 0.6) is 0 Å². The molecular weight excluding hydrogens is 360 g/mol. The summed E-state index contributed by atoms with van der Waals surface area (Å²) in [6, 6.07) is 20.6. The van der Waals surface area contributed by atoms with Crippen molar-refractivity contribution in [2.75, 3.05) is 11.5 Å². The summed E-state index contributed by atoms with van der Waals surface area (Å²) in [6.45, 7) is 1.89. The Kier molecular flexibility index (Phi) is 5.14. The van der Waals surface area contributed by atoms with Gasteiger partial charge < -0.3 is 11.5 Å². The van der Waals surface area contributed by atoms with Crippen LogP contribution in [0.3, 0.4) is 0 Å². The molecule has 0 bridgehead atoms. The number of hydrogen-bond acceptors (Lipinski definition) is 5. The van der Waals surface area contributed by atoms with E-state index in [1.807, 2.05) is 6.92 Å². The first kappa shape index (κ1) is 18.5. The summed E-state index contributed by atoms with van der Waals surface area (Å²) < 4.78 is 25.1. The molecule has 0 spiro atoms. The molecule has 0 saturated carbocycles. The van der Waals surface area contributed by atoms with Crippen LogP contribution in [0, 0.1) is 6.92 Å². The highest BCUT2D eigenvalue weighted by Crippen LogP contribution is 2.16. The average molecular weight is 380 g/mol. The summed E-state index contributed by atoms with van der Waals surface area (Å²) in [7, 11) is -3.79. The van der Waals surface area contributed by atoms with Crippen LogP contribution in [0.1, 0.15) is 16.7 Å². The second-order valence-electron chi connectivity index (χ2n) is 6.11. The SMILES string of the molecule is Cc1ccc(S(=O)(=O)NN=C(c2ccc(N)cc2)c2ccc(N)cc2)cc1. The smallest absolute Gasteiger partial charge is 0.276 e. The molecule has 0 atom stereocenters. The molecule has 0 aliphatic carbocycles. The summed E-state index contributed by atoms with van der Waals surface area (Å²) in [4.78, 5) is 2.46. The fourth-order valence-corrected chi connectivity index (χ4v) is 3.26. The van der Waals surface area contributed by atoms with Crippen molar-refractivity contribution in [3.8, 4) is 0 Å². The number of rotatable bonds is 5. The Hall–Kier alpha value is -3.32. The molecule has 0 radical (unpaired) electrons. The topological polar surface area (TPSA) is 111 Å². The third kappa shape index (κ3) is 4.45. The minimum atomic E-state index is -3.79. The van der Waals surface area contributed by atoms with Crippen LogP contribution in [0.15, 0.2) is 82.8 Å². The average Bonchev–Trinajstić information content (AvgIpc) is 2.65. The maximum atomic E-state index is 12.6. The van der Waals surface area contributed by atoms with E-state index in [0.29, 0.717) is 17.1 Å². The highest BCUT2D eigenvalue weighted by Gasteiger charge is 2.14. The molecule has 27 heavy (non-hydrogen) atoms. The maximum Gasteiger partial charge on any atom is 0.276 e. The van der Waals surface area contributed by atoms with Crippen molar-refractivity contribution in [2.24, 2.45) is 5.10 Å².